The second kappa shape index (κ2) is 5.40. The Hall–Kier alpha value is -2.76. The number of hydrogen-bond donors (Lipinski definition) is 2. The van der Waals surface area contributed by atoms with E-state index in [2.05, 4.69) is 15.3 Å². The van der Waals surface area contributed by atoms with Crippen molar-refractivity contribution in [2.45, 2.75) is 12.8 Å². The van der Waals surface area contributed by atoms with Crippen molar-refractivity contribution in [2.75, 3.05) is 25.1 Å². The maximum absolute atomic E-state index is 5.66. The van der Waals surface area contributed by atoms with Gasteiger partial charge in [-0.05, 0) is 43.0 Å². The van der Waals surface area contributed by atoms with Gasteiger partial charge in [-0.1, -0.05) is 0 Å². The molecule has 122 valence electrons. The molecule has 5 rings (SSSR count). The number of fused-ring (bicyclic) bond motifs is 2. The molecule has 0 radical (unpaired) electrons. The highest BCUT2D eigenvalue weighted by molar-refractivity contribution is 5.88. The van der Waals surface area contributed by atoms with E-state index in [1.807, 2.05) is 30.5 Å². The number of imidazole rings is 1. The molecule has 3 heterocycles. The lowest BCUT2D eigenvalue weighted by atomic mass is 10.2. The Morgan fingerprint density at radius 1 is 1.12 bits per heavy atom. The molecular weight excluding hydrogens is 304 g/mol. The zero-order valence-corrected chi connectivity index (χ0v) is 13.2. The third-order valence-corrected chi connectivity index (χ3v) is 4.47. The first-order valence-electron chi connectivity index (χ1n) is 8.35. The Morgan fingerprint density at radius 2 is 2.00 bits per heavy atom. The van der Waals surface area contributed by atoms with Gasteiger partial charge in [0.1, 0.15) is 24.6 Å². The van der Waals surface area contributed by atoms with Gasteiger partial charge in [0, 0.05) is 18.3 Å². The summed E-state index contributed by atoms with van der Waals surface area (Å²) in [5.41, 5.74) is 2.83. The molecule has 0 bridgehead atoms. The van der Waals surface area contributed by atoms with E-state index in [0.29, 0.717) is 13.2 Å². The normalized spacial score (nSPS) is 16.3. The SMILES string of the molecule is c1cc2[nH]c(-c3ccc4c(c3)OCCO4)nc2c(NCC2CC2)n1. The summed E-state index contributed by atoms with van der Waals surface area (Å²) in [6.07, 6.45) is 4.43. The van der Waals surface area contributed by atoms with E-state index < -0.39 is 0 Å². The van der Waals surface area contributed by atoms with E-state index in [0.717, 1.165) is 52.2 Å². The van der Waals surface area contributed by atoms with Crippen molar-refractivity contribution >= 4 is 16.9 Å². The van der Waals surface area contributed by atoms with Crippen LogP contribution in [0, 0.1) is 5.92 Å². The third-order valence-electron chi connectivity index (χ3n) is 4.47. The first-order valence-corrected chi connectivity index (χ1v) is 8.35. The van der Waals surface area contributed by atoms with E-state index in [9.17, 15) is 0 Å². The van der Waals surface area contributed by atoms with Gasteiger partial charge in [0.25, 0.3) is 0 Å². The van der Waals surface area contributed by atoms with Gasteiger partial charge in [-0.15, -0.1) is 0 Å². The van der Waals surface area contributed by atoms with Crippen LogP contribution in [0.3, 0.4) is 0 Å². The van der Waals surface area contributed by atoms with E-state index >= 15 is 0 Å². The van der Waals surface area contributed by atoms with Gasteiger partial charge in [0.2, 0.25) is 0 Å². The molecule has 0 amide bonds. The number of aromatic nitrogens is 3. The highest BCUT2D eigenvalue weighted by atomic mass is 16.6. The molecule has 1 aromatic carbocycles. The third kappa shape index (κ3) is 2.44. The maximum Gasteiger partial charge on any atom is 0.162 e. The summed E-state index contributed by atoms with van der Waals surface area (Å²) in [4.78, 5) is 12.6. The Kier molecular flexibility index (Phi) is 3.07. The zero-order valence-electron chi connectivity index (χ0n) is 13.2. The predicted octanol–water partition coefficient (Wildman–Crippen LogP) is 3.22. The number of aromatic amines is 1. The first-order chi connectivity index (χ1) is 11.9. The van der Waals surface area contributed by atoms with Crippen LogP contribution in [-0.2, 0) is 0 Å². The number of nitrogens with zero attached hydrogens (tertiary/aromatic N) is 2. The molecule has 6 nitrogen and oxygen atoms in total. The van der Waals surface area contributed by atoms with Crippen molar-refractivity contribution in [3.63, 3.8) is 0 Å². The van der Waals surface area contributed by atoms with Crippen LogP contribution >= 0.6 is 0 Å². The van der Waals surface area contributed by atoms with Gasteiger partial charge < -0.3 is 19.8 Å². The van der Waals surface area contributed by atoms with Crippen LogP contribution in [0.4, 0.5) is 5.82 Å². The number of H-pyrrole nitrogens is 1. The maximum atomic E-state index is 5.66. The van der Waals surface area contributed by atoms with Crippen molar-refractivity contribution in [1.29, 1.82) is 0 Å². The minimum atomic E-state index is 0.579. The summed E-state index contributed by atoms with van der Waals surface area (Å²) < 4.78 is 11.2. The molecule has 2 aliphatic rings. The summed E-state index contributed by atoms with van der Waals surface area (Å²) in [7, 11) is 0. The van der Waals surface area contributed by atoms with Crippen molar-refractivity contribution < 1.29 is 9.47 Å². The smallest absolute Gasteiger partial charge is 0.162 e. The fourth-order valence-corrected chi connectivity index (χ4v) is 2.96. The fourth-order valence-electron chi connectivity index (χ4n) is 2.96. The number of anilines is 1. The molecule has 2 N–H and O–H groups in total. The number of nitrogens with one attached hydrogen (secondary N) is 2. The van der Waals surface area contributed by atoms with E-state index in [1.54, 1.807) is 0 Å². The molecule has 6 heteroatoms. The van der Waals surface area contributed by atoms with Crippen molar-refractivity contribution in [2.24, 2.45) is 5.92 Å². The van der Waals surface area contributed by atoms with Gasteiger partial charge >= 0.3 is 0 Å². The number of ether oxygens (including phenoxy) is 2. The highest BCUT2D eigenvalue weighted by Gasteiger charge is 2.21. The standard InChI is InChI=1S/C18H18N4O2/c1-2-11(1)10-20-18-16-13(5-6-19-18)21-17(22-16)12-3-4-14-15(9-12)24-8-7-23-14/h3-6,9,11H,1-2,7-8,10H2,(H,19,20)(H,21,22). The first kappa shape index (κ1) is 13.7. The average Bonchev–Trinajstić information content (AvgIpc) is 3.35. The van der Waals surface area contributed by atoms with Crippen LogP contribution in [-0.4, -0.2) is 34.7 Å². The summed E-state index contributed by atoms with van der Waals surface area (Å²) in [5, 5.41) is 3.43. The summed E-state index contributed by atoms with van der Waals surface area (Å²) in [6, 6.07) is 7.85. The van der Waals surface area contributed by atoms with Crippen LogP contribution in [0.1, 0.15) is 12.8 Å². The molecule has 3 aromatic rings. The van der Waals surface area contributed by atoms with Crippen LogP contribution in [0.5, 0.6) is 11.5 Å². The van der Waals surface area contributed by atoms with Crippen LogP contribution in [0.2, 0.25) is 0 Å². The molecule has 1 saturated carbocycles. The molecule has 0 spiro atoms. The number of rotatable bonds is 4. The Labute approximate surface area is 139 Å². The Morgan fingerprint density at radius 3 is 2.88 bits per heavy atom. The minimum absolute atomic E-state index is 0.579. The predicted molar refractivity (Wildman–Crippen MR) is 91.5 cm³/mol. The molecule has 0 saturated heterocycles. The van der Waals surface area contributed by atoms with Crippen molar-refractivity contribution in [1.82, 2.24) is 15.0 Å². The van der Waals surface area contributed by atoms with Gasteiger partial charge in [0.15, 0.2) is 17.3 Å². The lowest BCUT2D eigenvalue weighted by molar-refractivity contribution is 0.171. The molecular formula is C18H18N4O2. The van der Waals surface area contributed by atoms with Crippen LogP contribution in [0.25, 0.3) is 22.4 Å². The molecule has 24 heavy (non-hydrogen) atoms. The van der Waals surface area contributed by atoms with Gasteiger partial charge in [0.05, 0.1) is 5.52 Å². The Balaban J connectivity index is 1.51. The quantitative estimate of drug-likeness (QED) is 0.771. The summed E-state index contributed by atoms with van der Waals surface area (Å²) >= 11 is 0. The van der Waals surface area contributed by atoms with E-state index in [1.165, 1.54) is 12.8 Å². The topological polar surface area (TPSA) is 72.1 Å². The van der Waals surface area contributed by atoms with Gasteiger partial charge in [-0.3, -0.25) is 0 Å². The minimum Gasteiger partial charge on any atom is -0.486 e. The molecule has 1 aliphatic heterocycles. The molecule has 1 fully saturated rings. The lowest BCUT2D eigenvalue weighted by Gasteiger charge is -2.18. The number of hydrogen-bond acceptors (Lipinski definition) is 5. The lowest BCUT2D eigenvalue weighted by Crippen LogP contribution is -2.15. The fraction of sp³-hybridized carbons (Fsp3) is 0.333. The molecule has 2 aromatic heterocycles. The largest absolute Gasteiger partial charge is 0.486 e. The Bertz CT molecular complexity index is 901. The molecule has 0 atom stereocenters. The zero-order chi connectivity index (χ0) is 15.9. The monoisotopic (exact) mass is 322 g/mol. The van der Waals surface area contributed by atoms with Crippen molar-refractivity contribution in [3.8, 4) is 22.9 Å². The van der Waals surface area contributed by atoms with Crippen LogP contribution in [0.15, 0.2) is 30.5 Å². The number of pyridine rings is 1. The van der Waals surface area contributed by atoms with E-state index in [-0.39, 0.29) is 0 Å². The highest BCUT2D eigenvalue weighted by Crippen LogP contribution is 2.35. The second-order valence-electron chi connectivity index (χ2n) is 6.32. The number of benzene rings is 1. The van der Waals surface area contributed by atoms with Crippen LogP contribution < -0.4 is 14.8 Å². The summed E-state index contributed by atoms with van der Waals surface area (Å²) in [6.45, 7) is 2.15. The average molecular weight is 322 g/mol. The molecule has 1 aliphatic carbocycles. The van der Waals surface area contributed by atoms with Crippen molar-refractivity contribution in [3.05, 3.63) is 30.5 Å². The summed E-state index contributed by atoms with van der Waals surface area (Å²) in [5.74, 6) is 4.00. The van der Waals surface area contributed by atoms with E-state index in [4.69, 9.17) is 14.5 Å². The second-order valence-corrected chi connectivity index (χ2v) is 6.32. The van der Waals surface area contributed by atoms with Gasteiger partial charge in [-0.25, -0.2) is 9.97 Å². The van der Waals surface area contributed by atoms with Gasteiger partial charge in [-0.2, -0.15) is 0 Å². The molecule has 0 unspecified atom stereocenters.